The van der Waals surface area contributed by atoms with Gasteiger partial charge in [0.05, 0.1) is 4.90 Å². The number of rotatable bonds is 5. The molecule has 0 amide bonds. The van der Waals surface area contributed by atoms with E-state index in [4.69, 9.17) is 0 Å². The predicted molar refractivity (Wildman–Crippen MR) is 61.0 cm³/mol. The summed E-state index contributed by atoms with van der Waals surface area (Å²) in [6, 6.07) is 4.79. The molecule has 0 saturated carbocycles. The first kappa shape index (κ1) is 12.9. The van der Waals surface area contributed by atoms with Crippen molar-refractivity contribution in [3.8, 4) is 0 Å². The van der Waals surface area contributed by atoms with Gasteiger partial charge in [-0.05, 0) is 24.3 Å². The normalized spacial score (nSPS) is 11.7. The van der Waals surface area contributed by atoms with E-state index in [1.165, 1.54) is 22.5 Å². The summed E-state index contributed by atoms with van der Waals surface area (Å²) in [5, 5.41) is 0. The van der Waals surface area contributed by atoms with Crippen LogP contribution in [-0.4, -0.2) is 25.8 Å². The SMILES string of the molecule is C=CCN(CC)S(=O)(=O)c1ccc(F)cc1. The summed E-state index contributed by atoms with van der Waals surface area (Å²) in [6.07, 6.45) is 1.52. The molecule has 0 aliphatic heterocycles. The minimum atomic E-state index is -3.53. The zero-order chi connectivity index (χ0) is 12.2. The van der Waals surface area contributed by atoms with Crippen LogP contribution in [0.3, 0.4) is 0 Å². The van der Waals surface area contributed by atoms with Crippen LogP contribution in [0.4, 0.5) is 4.39 Å². The summed E-state index contributed by atoms with van der Waals surface area (Å²) in [4.78, 5) is 0.0950. The van der Waals surface area contributed by atoms with E-state index >= 15 is 0 Å². The van der Waals surface area contributed by atoms with Gasteiger partial charge in [-0.25, -0.2) is 12.8 Å². The summed E-state index contributed by atoms with van der Waals surface area (Å²) in [5.41, 5.74) is 0. The number of halogens is 1. The summed E-state index contributed by atoms with van der Waals surface area (Å²) < 4.78 is 38.0. The van der Waals surface area contributed by atoms with Gasteiger partial charge in [0.2, 0.25) is 10.0 Å². The Kier molecular flexibility index (Phi) is 4.20. The Hall–Kier alpha value is -1.20. The van der Waals surface area contributed by atoms with Gasteiger partial charge < -0.3 is 0 Å². The average Bonchev–Trinajstić information content (AvgIpc) is 2.26. The third kappa shape index (κ3) is 2.68. The topological polar surface area (TPSA) is 37.4 Å². The number of benzene rings is 1. The quantitative estimate of drug-likeness (QED) is 0.742. The molecular weight excluding hydrogens is 229 g/mol. The van der Waals surface area contributed by atoms with Crippen molar-refractivity contribution >= 4 is 10.0 Å². The second-order valence-corrected chi connectivity index (χ2v) is 5.14. The van der Waals surface area contributed by atoms with E-state index in [0.29, 0.717) is 6.54 Å². The van der Waals surface area contributed by atoms with Crippen molar-refractivity contribution in [3.63, 3.8) is 0 Å². The zero-order valence-electron chi connectivity index (χ0n) is 9.06. The van der Waals surface area contributed by atoms with Gasteiger partial charge in [0.1, 0.15) is 5.82 Å². The molecule has 16 heavy (non-hydrogen) atoms. The van der Waals surface area contributed by atoms with E-state index in [0.717, 1.165) is 12.1 Å². The molecule has 0 heterocycles. The Balaban J connectivity index is 3.09. The molecule has 1 aromatic carbocycles. The van der Waals surface area contributed by atoms with Crippen molar-refractivity contribution in [2.24, 2.45) is 0 Å². The van der Waals surface area contributed by atoms with E-state index in [1.807, 2.05) is 0 Å². The van der Waals surface area contributed by atoms with Crippen LogP contribution in [0.5, 0.6) is 0 Å². The summed E-state index contributed by atoms with van der Waals surface area (Å²) >= 11 is 0. The van der Waals surface area contributed by atoms with Crippen molar-refractivity contribution in [1.82, 2.24) is 4.31 Å². The van der Waals surface area contributed by atoms with Gasteiger partial charge >= 0.3 is 0 Å². The molecule has 0 spiro atoms. The van der Waals surface area contributed by atoms with E-state index in [9.17, 15) is 12.8 Å². The van der Waals surface area contributed by atoms with E-state index in [2.05, 4.69) is 6.58 Å². The minimum absolute atomic E-state index is 0.0950. The fourth-order valence-electron chi connectivity index (χ4n) is 1.30. The highest BCUT2D eigenvalue weighted by atomic mass is 32.2. The standard InChI is InChI=1S/C11H14FNO2S/c1-3-9-13(4-2)16(14,15)11-7-5-10(12)6-8-11/h3,5-8H,1,4,9H2,2H3. The maximum Gasteiger partial charge on any atom is 0.243 e. The largest absolute Gasteiger partial charge is 0.243 e. The van der Waals surface area contributed by atoms with Gasteiger partial charge in [-0.3, -0.25) is 0 Å². The zero-order valence-corrected chi connectivity index (χ0v) is 9.87. The molecule has 0 radical (unpaired) electrons. The molecule has 0 fully saturated rings. The first-order chi connectivity index (χ1) is 7.52. The average molecular weight is 243 g/mol. The van der Waals surface area contributed by atoms with Crippen LogP contribution in [-0.2, 0) is 10.0 Å². The monoisotopic (exact) mass is 243 g/mol. The molecular formula is C11H14FNO2S. The summed E-state index contributed by atoms with van der Waals surface area (Å²) in [6.45, 7) is 5.84. The molecule has 0 unspecified atom stereocenters. The molecule has 0 aromatic heterocycles. The van der Waals surface area contributed by atoms with Crippen LogP contribution in [0.15, 0.2) is 41.8 Å². The Labute approximate surface area is 95.3 Å². The third-order valence-electron chi connectivity index (χ3n) is 2.14. The molecule has 88 valence electrons. The van der Waals surface area contributed by atoms with Crippen molar-refractivity contribution in [2.45, 2.75) is 11.8 Å². The Morgan fingerprint density at radius 2 is 1.94 bits per heavy atom. The predicted octanol–water partition coefficient (Wildman–Crippen LogP) is 2.02. The molecule has 1 rings (SSSR count). The maximum atomic E-state index is 12.7. The lowest BCUT2D eigenvalue weighted by molar-refractivity contribution is 0.459. The van der Waals surface area contributed by atoms with Gasteiger partial charge in [-0.1, -0.05) is 13.0 Å². The lowest BCUT2D eigenvalue weighted by Gasteiger charge is -2.18. The molecule has 0 bridgehead atoms. The fourth-order valence-corrected chi connectivity index (χ4v) is 2.72. The lowest BCUT2D eigenvalue weighted by atomic mass is 10.4. The molecule has 0 N–H and O–H groups in total. The first-order valence-electron chi connectivity index (χ1n) is 4.89. The smallest absolute Gasteiger partial charge is 0.207 e. The van der Waals surface area contributed by atoms with Crippen LogP contribution in [0, 0.1) is 5.82 Å². The number of hydrogen-bond donors (Lipinski definition) is 0. The van der Waals surface area contributed by atoms with Gasteiger partial charge in [0, 0.05) is 13.1 Å². The lowest BCUT2D eigenvalue weighted by Crippen LogP contribution is -2.30. The third-order valence-corrected chi connectivity index (χ3v) is 4.09. The molecule has 3 nitrogen and oxygen atoms in total. The molecule has 0 atom stereocenters. The summed E-state index contributed by atoms with van der Waals surface area (Å²) in [5.74, 6) is -0.453. The minimum Gasteiger partial charge on any atom is -0.207 e. The van der Waals surface area contributed by atoms with Crippen LogP contribution in [0.2, 0.25) is 0 Å². The summed E-state index contributed by atoms with van der Waals surface area (Å²) in [7, 11) is -3.53. The molecule has 0 aliphatic carbocycles. The van der Waals surface area contributed by atoms with Gasteiger partial charge in [-0.15, -0.1) is 6.58 Å². The number of sulfonamides is 1. The highest BCUT2D eigenvalue weighted by molar-refractivity contribution is 7.89. The van der Waals surface area contributed by atoms with Crippen LogP contribution >= 0.6 is 0 Å². The van der Waals surface area contributed by atoms with Crippen molar-refractivity contribution in [2.75, 3.05) is 13.1 Å². The van der Waals surface area contributed by atoms with Gasteiger partial charge in [0.25, 0.3) is 0 Å². The Morgan fingerprint density at radius 1 is 1.38 bits per heavy atom. The molecule has 5 heteroatoms. The Bertz CT molecular complexity index is 453. The first-order valence-corrected chi connectivity index (χ1v) is 6.33. The van der Waals surface area contributed by atoms with Crippen LogP contribution in [0.25, 0.3) is 0 Å². The number of nitrogens with zero attached hydrogens (tertiary/aromatic N) is 1. The molecule has 0 aliphatic rings. The second-order valence-electron chi connectivity index (χ2n) is 3.20. The van der Waals surface area contributed by atoms with Crippen LogP contribution in [0.1, 0.15) is 6.92 Å². The van der Waals surface area contributed by atoms with Crippen molar-refractivity contribution in [3.05, 3.63) is 42.7 Å². The van der Waals surface area contributed by atoms with Gasteiger partial charge in [0.15, 0.2) is 0 Å². The highest BCUT2D eigenvalue weighted by Crippen LogP contribution is 2.15. The highest BCUT2D eigenvalue weighted by Gasteiger charge is 2.21. The van der Waals surface area contributed by atoms with Crippen molar-refractivity contribution < 1.29 is 12.8 Å². The van der Waals surface area contributed by atoms with E-state index < -0.39 is 15.8 Å². The Morgan fingerprint density at radius 3 is 2.38 bits per heavy atom. The van der Waals surface area contributed by atoms with E-state index in [-0.39, 0.29) is 11.4 Å². The van der Waals surface area contributed by atoms with Crippen LogP contribution < -0.4 is 0 Å². The van der Waals surface area contributed by atoms with Crippen molar-refractivity contribution in [1.29, 1.82) is 0 Å². The molecule has 1 aromatic rings. The van der Waals surface area contributed by atoms with Gasteiger partial charge in [-0.2, -0.15) is 4.31 Å². The fraction of sp³-hybridized carbons (Fsp3) is 0.273. The maximum absolute atomic E-state index is 12.7. The second kappa shape index (κ2) is 5.23. The molecule has 0 saturated heterocycles. The number of likely N-dealkylation sites (N-methyl/N-ethyl adjacent to an activating group) is 1. The van der Waals surface area contributed by atoms with E-state index in [1.54, 1.807) is 6.92 Å². The number of hydrogen-bond acceptors (Lipinski definition) is 2.